The lowest BCUT2D eigenvalue weighted by Crippen LogP contribution is -2.13. The molecule has 3 rings (SSSR count). The van der Waals surface area contributed by atoms with Crippen LogP contribution in [0, 0.1) is 6.42 Å². The summed E-state index contributed by atoms with van der Waals surface area (Å²) in [6, 6.07) is 12.6. The number of aryl methyl sites for hydroxylation is 1. The molecule has 3 N–H and O–H groups in total. The Balaban J connectivity index is 1.67. The van der Waals surface area contributed by atoms with Crippen molar-refractivity contribution >= 4 is 29.1 Å². The molecule has 5 nitrogen and oxygen atoms in total. The minimum absolute atomic E-state index is 0.421. The molecule has 1 heterocycles. The summed E-state index contributed by atoms with van der Waals surface area (Å²) in [5, 5.41) is 7.92. The normalized spacial score (nSPS) is 10.8. The van der Waals surface area contributed by atoms with Crippen molar-refractivity contribution in [2.24, 2.45) is 5.73 Å². The minimum atomic E-state index is -0.423. The van der Waals surface area contributed by atoms with Crippen LogP contribution in [0.1, 0.15) is 28.2 Å². The van der Waals surface area contributed by atoms with Crippen molar-refractivity contribution in [1.82, 2.24) is 15.2 Å². The van der Waals surface area contributed by atoms with E-state index in [1.165, 1.54) is 0 Å². The number of H-pyrrole nitrogens is 1. The quantitative estimate of drug-likeness (QED) is 0.682. The topological polar surface area (TPSA) is 84.7 Å². The van der Waals surface area contributed by atoms with Crippen molar-refractivity contribution in [3.63, 3.8) is 0 Å². The Morgan fingerprint density at radius 1 is 1.16 bits per heavy atom. The number of rotatable bonds is 6. The first-order valence-corrected chi connectivity index (χ1v) is 8.39. The number of hydrogen-bond donors (Lipinski definition) is 2. The first-order chi connectivity index (χ1) is 12.1. The van der Waals surface area contributed by atoms with E-state index in [1.807, 2.05) is 24.6 Å². The van der Waals surface area contributed by atoms with Crippen LogP contribution < -0.4 is 5.73 Å². The lowest BCUT2D eigenvalue weighted by molar-refractivity contribution is 0.0999. The molecular weight excluding hydrogens is 359 g/mol. The third-order valence-corrected chi connectivity index (χ3v) is 4.55. The van der Waals surface area contributed by atoms with Gasteiger partial charge in [0.05, 0.1) is 10.0 Å². The molecule has 0 bridgehead atoms. The maximum Gasteiger partial charge on any atom is 0.248 e. The second-order valence-electron chi connectivity index (χ2n) is 5.41. The molecule has 0 aliphatic heterocycles. The molecule has 1 amide bonds. The van der Waals surface area contributed by atoms with E-state index in [4.69, 9.17) is 28.9 Å². The number of primary amides is 1. The predicted octanol–water partition coefficient (Wildman–Crippen LogP) is 4.06. The molecule has 0 spiro atoms. The number of nitrogens with two attached hydrogens (primary N) is 1. The van der Waals surface area contributed by atoms with Crippen molar-refractivity contribution in [2.75, 3.05) is 0 Å². The summed E-state index contributed by atoms with van der Waals surface area (Å²) in [7, 11) is 0. The minimum Gasteiger partial charge on any atom is -0.366 e. The van der Waals surface area contributed by atoms with Gasteiger partial charge in [0, 0.05) is 17.5 Å². The Bertz CT molecular complexity index is 908. The van der Waals surface area contributed by atoms with Gasteiger partial charge in [-0.3, -0.25) is 9.89 Å². The molecule has 0 saturated heterocycles. The first kappa shape index (κ1) is 17.5. The third kappa shape index (κ3) is 4.00. The average molecular weight is 374 g/mol. The Morgan fingerprint density at radius 3 is 2.76 bits per heavy atom. The van der Waals surface area contributed by atoms with Gasteiger partial charge in [-0.25, -0.2) is 4.98 Å². The van der Waals surface area contributed by atoms with Gasteiger partial charge in [-0.2, -0.15) is 5.10 Å². The SMILES string of the molecule is NC(=O)c1ccccc1CC[CH]c1nc(-c2cccc(Cl)c2Cl)n[nH]1. The molecule has 25 heavy (non-hydrogen) atoms. The molecule has 1 aromatic heterocycles. The van der Waals surface area contributed by atoms with Gasteiger partial charge >= 0.3 is 0 Å². The molecule has 1 radical (unpaired) electrons. The van der Waals surface area contributed by atoms with Crippen LogP contribution in [0.25, 0.3) is 11.4 Å². The zero-order valence-electron chi connectivity index (χ0n) is 13.2. The van der Waals surface area contributed by atoms with Crippen molar-refractivity contribution in [3.8, 4) is 11.4 Å². The van der Waals surface area contributed by atoms with Crippen LogP contribution in [-0.4, -0.2) is 21.1 Å². The van der Waals surface area contributed by atoms with Crippen molar-refractivity contribution in [2.45, 2.75) is 12.8 Å². The van der Waals surface area contributed by atoms with E-state index in [0.717, 1.165) is 5.56 Å². The van der Waals surface area contributed by atoms with E-state index < -0.39 is 5.91 Å². The number of halogens is 2. The van der Waals surface area contributed by atoms with E-state index in [1.54, 1.807) is 24.3 Å². The average Bonchev–Trinajstić information content (AvgIpc) is 3.06. The smallest absolute Gasteiger partial charge is 0.248 e. The Hall–Kier alpha value is -2.37. The number of carbonyl (C=O) groups is 1. The van der Waals surface area contributed by atoms with Crippen LogP contribution >= 0.6 is 23.2 Å². The molecule has 0 aliphatic rings. The molecule has 0 atom stereocenters. The van der Waals surface area contributed by atoms with Crippen LogP contribution in [-0.2, 0) is 6.42 Å². The van der Waals surface area contributed by atoms with Crippen molar-refractivity contribution in [3.05, 3.63) is 75.9 Å². The fourth-order valence-corrected chi connectivity index (χ4v) is 2.89. The molecule has 127 valence electrons. The van der Waals surface area contributed by atoms with Gasteiger partial charge in [0.15, 0.2) is 5.82 Å². The molecule has 7 heteroatoms. The van der Waals surface area contributed by atoms with Crippen LogP contribution in [0.3, 0.4) is 0 Å². The molecule has 0 unspecified atom stereocenters. The number of aromatic nitrogens is 3. The zero-order valence-corrected chi connectivity index (χ0v) is 14.7. The monoisotopic (exact) mass is 373 g/mol. The predicted molar refractivity (Wildman–Crippen MR) is 98.5 cm³/mol. The highest BCUT2D eigenvalue weighted by Crippen LogP contribution is 2.31. The standard InChI is InChI=1S/C18H15Cl2N4O/c19-14-9-4-8-13(16(14)20)18-22-15(23-24-18)10-3-6-11-5-1-2-7-12(11)17(21)25/h1-2,4-5,7-10H,3,6H2,(H2,21,25)(H,22,23,24). The highest BCUT2D eigenvalue weighted by atomic mass is 35.5. The Kier molecular flexibility index (Phi) is 5.36. The van der Waals surface area contributed by atoms with Gasteiger partial charge in [0.2, 0.25) is 5.91 Å². The van der Waals surface area contributed by atoms with E-state index in [0.29, 0.717) is 45.7 Å². The summed E-state index contributed by atoms with van der Waals surface area (Å²) in [5.41, 5.74) is 7.51. The van der Waals surface area contributed by atoms with Gasteiger partial charge in [0.1, 0.15) is 5.82 Å². The summed E-state index contributed by atoms with van der Waals surface area (Å²) in [5.74, 6) is 0.687. The summed E-state index contributed by atoms with van der Waals surface area (Å²) in [4.78, 5) is 15.8. The van der Waals surface area contributed by atoms with Crippen molar-refractivity contribution in [1.29, 1.82) is 0 Å². The second-order valence-corrected chi connectivity index (χ2v) is 6.19. The van der Waals surface area contributed by atoms with Crippen LogP contribution in [0.15, 0.2) is 42.5 Å². The van der Waals surface area contributed by atoms with Gasteiger partial charge in [-0.05, 0) is 36.6 Å². The fourth-order valence-electron chi connectivity index (χ4n) is 2.51. The summed E-state index contributed by atoms with van der Waals surface area (Å²) >= 11 is 12.2. The highest BCUT2D eigenvalue weighted by molar-refractivity contribution is 6.43. The number of nitrogens with zero attached hydrogens (tertiary/aromatic N) is 2. The lowest BCUT2D eigenvalue weighted by atomic mass is 10.0. The van der Waals surface area contributed by atoms with Gasteiger partial charge in [-0.1, -0.05) is 47.5 Å². The summed E-state index contributed by atoms with van der Waals surface area (Å²) in [6.45, 7) is 0. The molecule has 0 saturated carbocycles. The third-order valence-electron chi connectivity index (χ3n) is 3.73. The number of amides is 1. The molecule has 0 fully saturated rings. The summed E-state index contributed by atoms with van der Waals surface area (Å²) in [6.07, 6.45) is 3.27. The number of nitrogens with one attached hydrogen (secondary N) is 1. The van der Waals surface area contributed by atoms with E-state index >= 15 is 0 Å². The van der Waals surface area contributed by atoms with Gasteiger partial charge in [-0.15, -0.1) is 0 Å². The van der Waals surface area contributed by atoms with Gasteiger partial charge in [0.25, 0.3) is 0 Å². The number of benzene rings is 2. The molecule has 3 aromatic rings. The molecule has 2 aromatic carbocycles. The second kappa shape index (κ2) is 7.68. The first-order valence-electron chi connectivity index (χ1n) is 7.64. The number of carbonyl (C=O) groups excluding carboxylic acids is 1. The van der Waals surface area contributed by atoms with Crippen LogP contribution in [0.5, 0.6) is 0 Å². The zero-order chi connectivity index (χ0) is 17.8. The number of hydrogen-bond acceptors (Lipinski definition) is 3. The van der Waals surface area contributed by atoms with E-state index in [9.17, 15) is 4.79 Å². The maximum absolute atomic E-state index is 11.4. The maximum atomic E-state index is 11.4. The van der Waals surface area contributed by atoms with Gasteiger partial charge < -0.3 is 5.73 Å². The molecular formula is C18H15Cl2N4O. The van der Waals surface area contributed by atoms with Crippen LogP contribution in [0.4, 0.5) is 0 Å². The number of aromatic amines is 1. The highest BCUT2D eigenvalue weighted by Gasteiger charge is 2.12. The lowest BCUT2D eigenvalue weighted by Gasteiger charge is -2.05. The Labute approximate surface area is 155 Å². The fraction of sp³-hybridized carbons (Fsp3) is 0.111. The largest absolute Gasteiger partial charge is 0.366 e. The molecule has 0 aliphatic carbocycles. The van der Waals surface area contributed by atoms with E-state index in [2.05, 4.69) is 15.2 Å². The van der Waals surface area contributed by atoms with Crippen molar-refractivity contribution < 1.29 is 4.79 Å². The Morgan fingerprint density at radius 2 is 1.96 bits per heavy atom. The van der Waals surface area contributed by atoms with E-state index in [-0.39, 0.29) is 0 Å². The van der Waals surface area contributed by atoms with Crippen LogP contribution in [0.2, 0.25) is 10.0 Å². The summed E-state index contributed by atoms with van der Waals surface area (Å²) < 4.78 is 0.